The third kappa shape index (κ3) is 12.4. The maximum atomic E-state index is 9.69. The maximum Gasteiger partial charge on any atom is 0.190 e. The Morgan fingerprint density at radius 1 is 0.298 bits per heavy atom. The number of furan rings is 2. The highest BCUT2D eigenvalue weighted by molar-refractivity contribution is 6.12. The number of anilines is 12. The first-order valence-corrected chi connectivity index (χ1v) is 37.2. The van der Waals surface area contributed by atoms with E-state index in [0.29, 0.717) is 45.0 Å². The second kappa shape index (κ2) is 29.9. The molecule has 552 valence electrons. The van der Waals surface area contributed by atoms with Gasteiger partial charge < -0.3 is 48.0 Å². The molecule has 14 aromatic rings. The van der Waals surface area contributed by atoms with Gasteiger partial charge in [0.1, 0.15) is 65.7 Å². The van der Waals surface area contributed by atoms with Gasteiger partial charge in [-0.25, -0.2) is 19.4 Å². The number of benzene rings is 12. The lowest BCUT2D eigenvalue weighted by Crippen LogP contribution is -2.36. The molecule has 0 saturated carbocycles. The molecule has 0 amide bonds. The molecule has 18 rings (SSSR count). The van der Waals surface area contributed by atoms with Gasteiger partial charge in [-0.15, -0.1) is 0 Å². The summed E-state index contributed by atoms with van der Waals surface area (Å²) in [5, 5.41) is 42.9. The molecule has 0 N–H and O–H groups in total. The van der Waals surface area contributed by atoms with E-state index in [0.717, 1.165) is 146 Å². The van der Waals surface area contributed by atoms with Crippen molar-refractivity contribution in [3.05, 3.63) is 309 Å². The number of para-hydroxylation sites is 3. The van der Waals surface area contributed by atoms with Crippen LogP contribution in [0.4, 0.5) is 91.0 Å². The summed E-state index contributed by atoms with van der Waals surface area (Å²) in [6, 6.07) is 81.1. The minimum atomic E-state index is -0.0319. The van der Waals surface area contributed by atoms with Crippen LogP contribution in [0.3, 0.4) is 0 Å². The highest BCUT2D eigenvalue weighted by Gasteiger charge is 2.40. The van der Waals surface area contributed by atoms with Crippen molar-refractivity contribution in [1.82, 2.24) is 0 Å². The average molecular weight is 1490 g/mol. The molecule has 4 atom stereocenters. The number of rotatable bonds is 6. The van der Waals surface area contributed by atoms with Crippen LogP contribution >= 0.6 is 0 Å². The Kier molecular flexibility index (Phi) is 19.4. The standard InChI is InChI=1S/2C24H18N4O.2C24H20N4/c1-14-9-19-18-7-5-6-8-22(18)29-23(19)12-20(14)28-15(2)27(4)24-16(13-25)10-17(26-3)11-21(24)28;1-14-9-10-19-18-7-5-6-8-21(18)29-24(19)22(14)28-15(2)27(4)23-16(13-25)11-17(26-3)12-20(23)28;1-16-9-8-12-21(18-10-6-5-7-11-18)23(16)28-17(2)27(4)24-19(15-25)13-20(26-3)14-22(24)28;1-16-12-19(18-8-6-5-7-9-18)10-11-22(16)28-17(2)27(4)24-20(15-25)13-21(26-3)14-23(24)28/h2*5-12,15H,1-2,4H3;2*5-14,17H,1-2,4H3/t2*15-;2*17-/m0000/s1. The molecule has 0 unspecified atom stereocenters. The summed E-state index contributed by atoms with van der Waals surface area (Å²) in [5.41, 5.74) is 27.7. The van der Waals surface area contributed by atoms with Crippen molar-refractivity contribution in [1.29, 1.82) is 21.0 Å². The van der Waals surface area contributed by atoms with Crippen LogP contribution in [0.25, 0.3) is 85.5 Å². The number of aryl methyl sites for hydroxylation is 4. The molecule has 0 bridgehead atoms. The second-order valence-corrected chi connectivity index (χ2v) is 28.9. The predicted octanol–water partition coefficient (Wildman–Crippen LogP) is 24.5. The van der Waals surface area contributed by atoms with Crippen molar-refractivity contribution in [2.24, 2.45) is 0 Å². The Hall–Kier alpha value is -15.4. The smallest absolute Gasteiger partial charge is 0.190 e. The highest BCUT2D eigenvalue weighted by Crippen LogP contribution is 2.55. The summed E-state index contributed by atoms with van der Waals surface area (Å²) in [7, 11) is 7.96. The van der Waals surface area contributed by atoms with E-state index in [1.807, 2.05) is 125 Å². The molecule has 114 heavy (non-hydrogen) atoms. The zero-order valence-electron chi connectivity index (χ0n) is 65.1. The van der Waals surface area contributed by atoms with Crippen LogP contribution in [-0.4, -0.2) is 52.9 Å². The fraction of sp³-hybridized carbons (Fsp3) is 0.167. The van der Waals surface area contributed by atoms with Gasteiger partial charge in [-0.1, -0.05) is 133 Å². The molecule has 4 aliphatic rings. The van der Waals surface area contributed by atoms with Crippen LogP contribution < -0.4 is 39.2 Å². The molecular weight excluding hydrogens is 1410 g/mol. The van der Waals surface area contributed by atoms with Gasteiger partial charge in [0, 0.05) is 72.7 Å². The van der Waals surface area contributed by atoms with Gasteiger partial charge in [-0.05, 0) is 173 Å². The zero-order valence-corrected chi connectivity index (χ0v) is 65.1. The fourth-order valence-electron chi connectivity index (χ4n) is 16.6. The van der Waals surface area contributed by atoms with Gasteiger partial charge in [0.15, 0.2) is 28.3 Å². The van der Waals surface area contributed by atoms with Crippen molar-refractivity contribution in [2.75, 3.05) is 67.4 Å². The topological polar surface area (TPSA) is 165 Å². The van der Waals surface area contributed by atoms with E-state index in [4.69, 9.17) is 35.1 Å². The van der Waals surface area contributed by atoms with E-state index in [-0.39, 0.29) is 24.7 Å². The number of nitrogens with zero attached hydrogens (tertiary/aromatic N) is 16. The summed E-state index contributed by atoms with van der Waals surface area (Å²) < 4.78 is 12.4. The normalized spacial score (nSPS) is 15.3. The molecule has 0 fully saturated rings. The highest BCUT2D eigenvalue weighted by atomic mass is 16.3. The Morgan fingerprint density at radius 3 is 1.16 bits per heavy atom. The molecular formula is C96H76N16O2. The van der Waals surface area contributed by atoms with Gasteiger partial charge in [0.2, 0.25) is 0 Å². The van der Waals surface area contributed by atoms with Crippen molar-refractivity contribution >= 4 is 135 Å². The Bertz CT molecular complexity index is 6640. The predicted molar refractivity (Wildman–Crippen MR) is 460 cm³/mol. The minimum absolute atomic E-state index is 0.00129. The molecule has 12 aromatic carbocycles. The van der Waals surface area contributed by atoms with Gasteiger partial charge >= 0.3 is 0 Å². The quantitative estimate of drug-likeness (QED) is 0.144. The molecule has 4 aliphatic heterocycles. The maximum absolute atomic E-state index is 9.69. The van der Waals surface area contributed by atoms with Crippen LogP contribution in [0.1, 0.15) is 72.2 Å². The fourth-order valence-corrected chi connectivity index (χ4v) is 16.6. The first-order valence-electron chi connectivity index (χ1n) is 37.2. The van der Waals surface area contributed by atoms with Crippen molar-refractivity contribution in [3.8, 4) is 46.5 Å². The summed E-state index contributed by atoms with van der Waals surface area (Å²) in [6.07, 6.45) is 0.0326. The van der Waals surface area contributed by atoms with E-state index in [2.05, 4.69) is 235 Å². The van der Waals surface area contributed by atoms with Crippen molar-refractivity contribution < 1.29 is 8.83 Å². The van der Waals surface area contributed by atoms with Gasteiger partial charge in [0.25, 0.3) is 0 Å². The molecule has 0 aliphatic carbocycles. The minimum Gasteiger partial charge on any atom is -0.456 e. The number of hydrogen-bond donors (Lipinski definition) is 0. The number of hydrogen-bond acceptors (Lipinski definition) is 14. The first kappa shape index (κ1) is 74.0. The number of nitriles is 4. The largest absolute Gasteiger partial charge is 0.456 e. The lowest BCUT2D eigenvalue weighted by molar-refractivity contribution is 0.661. The Labute approximate surface area is 663 Å². The SMILES string of the molecule is [C-]#[N+]c1cc(C#N)c2c(c1)N(c1c(C)ccc3c1oc1ccccc13)[C@@H](C)N2C.[C-]#[N+]c1cc(C#N)c2c(c1)N(c1c(C)cccc1-c1ccccc1)[C@@H](C)N2C.[C-]#[N+]c1cc(C#N)c2c(c1)N(c1cc3oc4ccccc4c3cc1C)[C@@H](C)N2C.[C-]#[N+]c1cc(C#N)c2c(c1)N(c1ccc(-c3ccccc3)cc1C)[C@@H](C)N2C. The summed E-state index contributed by atoms with van der Waals surface area (Å²) >= 11 is 0. The van der Waals surface area contributed by atoms with Crippen molar-refractivity contribution in [2.45, 2.75) is 80.1 Å². The van der Waals surface area contributed by atoms with E-state index >= 15 is 0 Å². The van der Waals surface area contributed by atoms with Gasteiger partial charge in [0.05, 0.1) is 105 Å². The lowest BCUT2D eigenvalue weighted by Gasteiger charge is -2.31. The van der Waals surface area contributed by atoms with Crippen LogP contribution in [0, 0.1) is 99.3 Å². The van der Waals surface area contributed by atoms with Gasteiger partial charge in [-0.3, -0.25) is 0 Å². The molecule has 18 heteroatoms. The molecule has 6 heterocycles. The molecule has 2 aromatic heterocycles. The van der Waals surface area contributed by atoms with Gasteiger partial charge in [-0.2, -0.15) is 21.0 Å². The first-order chi connectivity index (χ1) is 55.2. The monoisotopic (exact) mass is 1480 g/mol. The van der Waals surface area contributed by atoms with Crippen molar-refractivity contribution in [3.63, 3.8) is 0 Å². The van der Waals surface area contributed by atoms with E-state index in [1.165, 1.54) is 11.1 Å². The van der Waals surface area contributed by atoms with E-state index in [1.54, 1.807) is 24.3 Å². The lowest BCUT2D eigenvalue weighted by atomic mass is 9.99. The van der Waals surface area contributed by atoms with Crippen LogP contribution in [0.5, 0.6) is 0 Å². The average Bonchev–Trinajstić information content (AvgIpc) is 1.49. The van der Waals surface area contributed by atoms with E-state index in [9.17, 15) is 21.0 Å². The Balaban J connectivity index is 0.000000120. The van der Waals surface area contributed by atoms with Crippen LogP contribution in [0.15, 0.2) is 227 Å². The molecule has 18 nitrogen and oxygen atoms in total. The molecule has 0 saturated heterocycles. The molecule has 0 spiro atoms. The molecule has 0 radical (unpaired) electrons. The third-order valence-corrected chi connectivity index (χ3v) is 22.5. The summed E-state index contributed by atoms with van der Waals surface area (Å²) in [5.74, 6) is 0. The Morgan fingerprint density at radius 2 is 0.693 bits per heavy atom. The number of fused-ring (bicyclic) bond motifs is 10. The van der Waals surface area contributed by atoms with E-state index < -0.39 is 0 Å². The summed E-state index contributed by atoms with van der Waals surface area (Å²) in [6.45, 7) is 46.5. The third-order valence-electron chi connectivity index (χ3n) is 22.5. The van der Waals surface area contributed by atoms with Crippen LogP contribution in [-0.2, 0) is 0 Å². The second-order valence-electron chi connectivity index (χ2n) is 28.9. The van der Waals surface area contributed by atoms with Crippen LogP contribution in [0.2, 0.25) is 0 Å². The zero-order chi connectivity index (χ0) is 80.2. The summed E-state index contributed by atoms with van der Waals surface area (Å²) in [4.78, 5) is 31.5.